The van der Waals surface area contributed by atoms with Crippen molar-refractivity contribution in [2.75, 3.05) is 12.3 Å². The number of tetrazole rings is 1. The van der Waals surface area contributed by atoms with Crippen molar-refractivity contribution < 1.29 is 23.1 Å². The Bertz CT molecular complexity index is 644. The van der Waals surface area contributed by atoms with E-state index in [2.05, 4.69) is 15.5 Å². The maximum absolute atomic E-state index is 12.0. The summed E-state index contributed by atoms with van der Waals surface area (Å²) < 4.78 is 37.2. The Morgan fingerprint density at radius 2 is 2.00 bits per heavy atom. The molecule has 0 radical (unpaired) electrons. The van der Waals surface area contributed by atoms with Gasteiger partial charge in [-0.2, -0.15) is 17.9 Å². The van der Waals surface area contributed by atoms with Gasteiger partial charge in [-0.15, -0.1) is 5.10 Å². The molecular formula is C11H10F3N5O2S. The predicted octanol–water partition coefficient (Wildman–Crippen LogP) is 1.14. The largest absolute Gasteiger partial charge is 0.508 e. The Balaban J connectivity index is 1.96. The van der Waals surface area contributed by atoms with Crippen LogP contribution in [0.15, 0.2) is 29.4 Å². The van der Waals surface area contributed by atoms with Crippen molar-refractivity contribution in [1.82, 2.24) is 25.5 Å². The quantitative estimate of drug-likeness (QED) is 0.797. The van der Waals surface area contributed by atoms with Crippen molar-refractivity contribution in [3.8, 4) is 11.4 Å². The van der Waals surface area contributed by atoms with E-state index >= 15 is 0 Å². The van der Waals surface area contributed by atoms with Crippen LogP contribution in [0.4, 0.5) is 13.2 Å². The van der Waals surface area contributed by atoms with Crippen LogP contribution < -0.4 is 5.32 Å². The van der Waals surface area contributed by atoms with Gasteiger partial charge in [0, 0.05) is 0 Å². The molecule has 2 N–H and O–H groups in total. The molecule has 11 heteroatoms. The molecule has 118 valence electrons. The van der Waals surface area contributed by atoms with E-state index in [1.165, 1.54) is 16.8 Å². The van der Waals surface area contributed by atoms with Gasteiger partial charge < -0.3 is 10.4 Å². The lowest BCUT2D eigenvalue weighted by Crippen LogP contribution is -2.34. The minimum Gasteiger partial charge on any atom is -0.508 e. The molecule has 0 atom stereocenters. The Morgan fingerprint density at radius 1 is 1.32 bits per heavy atom. The normalized spacial score (nSPS) is 11.4. The number of nitrogens with one attached hydrogen (secondary N) is 1. The van der Waals surface area contributed by atoms with E-state index < -0.39 is 18.6 Å². The lowest BCUT2D eigenvalue weighted by Gasteiger charge is -2.08. The van der Waals surface area contributed by atoms with Crippen LogP contribution in [0.3, 0.4) is 0 Å². The highest BCUT2D eigenvalue weighted by molar-refractivity contribution is 7.99. The number of thioether (sulfide) groups is 1. The standard InChI is InChI=1S/C11H10F3N5O2S/c12-11(13,14)6-15-9(21)5-22-10-16-17-18-19(10)7-1-3-8(20)4-2-7/h1-4,20H,5-6H2,(H,15,21). The van der Waals surface area contributed by atoms with Crippen LogP contribution in [0.5, 0.6) is 5.75 Å². The number of rotatable bonds is 5. The maximum atomic E-state index is 12.0. The fourth-order valence-corrected chi connectivity index (χ4v) is 2.13. The van der Waals surface area contributed by atoms with E-state index in [-0.39, 0.29) is 16.7 Å². The first kappa shape index (κ1) is 16.1. The van der Waals surface area contributed by atoms with Crippen LogP contribution >= 0.6 is 11.8 Å². The summed E-state index contributed by atoms with van der Waals surface area (Å²) in [5.41, 5.74) is 0.543. The molecule has 0 aliphatic rings. The van der Waals surface area contributed by atoms with Gasteiger partial charge in [-0.05, 0) is 34.7 Å². The maximum Gasteiger partial charge on any atom is 0.405 e. The number of hydrogen-bond donors (Lipinski definition) is 2. The summed E-state index contributed by atoms with van der Waals surface area (Å²) in [4.78, 5) is 11.3. The lowest BCUT2D eigenvalue weighted by molar-refractivity contribution is -0.136. The molecule has 22 heavy (non-hydrogen) atoms. The van der Waals surface area contributed by atoms with E-state index in [1.54, 1.807) is 17.4 Å². The third kappa shape index (κ3) is 4.62. The van der Waals surface area contributed by atoms with E-state index in [4.69, 9.17) is 0 Å². The summed E-state index contributed by atoms with van der Waals surface area (Å²) in [6.45, 7) is -1.38. The molecule has 0 aliphatic heterocycles. The van der Waals surface area contributed by atoms with Crippen molar-refractivity contribution >= 4 is 17.7 Å². The summed E-state index contributed by atoms with van der Waals surface area (Å²) in [7, 11) is 0. The van der Waals surface area contributed by atoms with Gasteiger partial charge in [0.25, 0.3) is 0 Å². The highest BCUT2D eigenvalue weighted by Gasteiger charge is 2.27. The number of hydrogen-bond acceptors (Lipinski definition) is 6. The number of carbonyl (C=O) groups is 1. The molecule has 0 fully saturated rings. The first-order valence-electron chi connectivity index (χ1n) is 5.89. The molecule has 0 saturated heterocycles. The molecule has 0 unspecified atom stereocenters. The van der Waals surface area contributed by atoms with Crippen molar-refractivity contribution in [2.45, 2.75) is 11.3 Å². The molecule has 0 saturated carbocycles. The van der Waals surface area contributed by atoms with E-state index in [1.807, 2.05) is 0 Å². The van der Waals surface area contributed by atoms with E-state index in [0.29, 0.717) is 5.69 Å². The summed E-state index contributed by atoms with van der Waals surface area (Å²) in [6.07, 6.45) is -4.45. The van der Waals surface area contributed by atoms with Crippen molar-refractivity contribution in [1.29, 1.82) is 0 Å². The zero-order valence-electron chi connectivity index (χ0n) is 10.9. The molecular weight excluding hydrogens is 323 g/mol. The van der Waals surface area contributed by atoms with Crippen LogP contribution in [0.2, 0.25) is 0 Å². The molecule has 1 amide bonds. The molecule has 0 bridgehead atoms. The average Bonchev–Trinajstić information content (AvgIpc) is 2.91. The summed E-state index contributed by atoms with van der Waals surface area (Å²) in [6, 6.07) is 5.97. The van der Waals surface area contributed by atoms with Gasteiger partial charge >= 0.3 is 6.18 Å². The molecule has 2 aromatic rings. The molecule has 1 aromatic carbocycles. The fourth-order valence-electron chi connectivity index (χ4n) is 1.40. The van der Waals surface area contributed by atoms with Gasteiger partial charge in [0.05, 0.1) is 11.4 Å². The number of carbonyl (C=O) groups excluding carboxylic acids is 1. The molecule has 0 spiro atoms. The second kappa shape index (κ2) is 6.64. The topological polar surface area (TPSA) is 92.9 Å². The van der Waals surface area contributed by atoms with Crippen molar-refractivity contribution in [2.24, 2.45) is 0 Å². The third-order valence-corrected chi connectivity index (χ3v) is 3.27. The van der Waals surface area contributed by atoms with Gasteiger partial charge in [-0.25, -0.2) is 0 Å². The zero-order chi connectivity index (χ0) is 16.2. The minimum atomic E-state index is -4.45. The summed E-state index contributed by atoms with van der Waals surface area (Å²) >= 11 is 0.896. The molecule has 0 aliphatic carbocycles. The first-order chi connectivity index (χ1) is 10.3. The Kier molecular flexibility index (Phi) is 4.85. The van der Waals surface area contributed by atoms with Gasteiger partial charge in [-0.3, -0.25) is 4.79 Å². The van der Waals surface area contributed by atoms with Crippen LogP contribution in [0, 0.1) is 0 Å². The zero-order valence-corrected chi connectivity index (χ0v) is 11.7. The van der Waals surface area contributed by atoms with Crippen molar-refractivity contribution in [3.05, 3.63) is 24.3 Å². The van der Waals surface area contributed by atoms with Crippen LogP contribution in [0.25, 0.3) is 5.69 Å². The Labute approximate surface area is 126 Å². The number of phenolic OH excluding ortho intramolecular Hbond substituents is 1. The number of phenols is 1. The number of alkyl halides is 3. The number of aromatic nitrogens is 4. The van der Waals surface area contributed by atoms with Gasteiger partial charge in [0.2, 0.25) is 11.1 Å². The van der Waals surface area contributed by atoms with Gasteiger partial charge in [0.15, 0.2) is 0 Å². The van der Waals surface area contributed by atoms with Crippen molar-refractivity contribution in [3.63, 3.8) is 0 Å². The highest BCUT2D eigenvalue weighted by Crippen LogP contribution is 2.20. The van der Waals surface area contributed by atoms with Gasteiger partial charge in [0.1, 0.15) is 12.3 Å². The number of nitrogens with zero attached hydrogens (tertiary/aromatic N) is 4. The Hall–Kier alpha value is -2.30. The molecule has 1 heterocycles. The smallest absolute Gasteiger partial charge is 0.405 e. The summed E-state index contributed by atoms with van der Waals surface area (Å²) in [5.74, 6) is -0.964. The van der Waals surface area contributed by atoms with E-state index in [0.717, 1.165) is 11.8 Å². The number of amides is 1. The lowest BCUT2D eigenvalue weighted by atomic mass is 10.3. The molecule has 1 aromatic heterocycles. The minimum absolute atomic E-state index is 0.0672. The SMILES string of the molecule is O=C(CSc1nnnn1-c1ccc(O)cc1)NCC(F)(F)F. The van der Waals surface area contributed by atoms with Crippen LogP contribution in [-0.2, 0) is 4.79 Å². The average molecular weight is 333 g/mol. The fraction of sp³-hybridized carbons (Fsp3) is 0.273. The number of aromatic hydroxyl groups is 1. The molecule has 7 nitrogen and oxygen atoms in total. The Morgan fingerprint density at radius 3 is 2.64 bits per heavy atom. The second-order valence-electron chi connectivity index (χ2n) is 4.07. The molecule has 2 rings (SSSR count). The van der Waals surface area contributed by atoms with Gasteiger partial charge in [-0.1, -0.05) is 11.8 Å². The number of halogens is 3. The van der Waals surface area contributed by atoms with Crippen LogP contribution in [-0.4, -0.2) is 49.7 Å². The summed E-state index contributed by atoms with van der Waals surface area (Å²) in [5, 5.41) is 22.1. The highest BCUT2D eigenvalue weighted by atomic mass is 32.2. The third-order valence-electron chi connectivity index (χ3n) is 2.35. The number of benzene rings is 1. The first-order valence-corrected chi connectivity index (χ1v) is 6.88. The second-order valence-corrected chi connectivity index (χ2v) is 5.01. The monoisotopic (exact) mass is 333 g/mol. The van der Waals surface area contributed by atoms with E-state index in [9.17, 15) is 23.1 Å². The predicted molar refractivity (Wildman–Crippen MR) is 70.6 cm³/mol. The van der Waals surface area contributed by atoms with Crippen LogP contribution in [0.1, 0.15) is 0 Å².